The van der Waals surface area contributed by atoms with E-state index in [9.17, 15) is 0 Å². The Morgan fingerprint density at radius 1 is 1.50 bits per heavy atom. The van der Waals surface area contributed by atoms with Crippen molar-refractivity contribution in [2.45, 2.75) is 6.92 Å². The molecule has 0 aliphatic rings. The average Bonchev–Trinajstić information content (AvgIpc) is 2.29. The van der Waals surface area contributed by atoms with Gasteiger partial charge < -0.3 is 9.64 Å². The summed E-state index contributed by atoms with van der Waals surface area (Å²) in [6.45, 7) is 4.08. The van der Waals surface area contributed by atoms with Crippen molar-refractivity contribution in [3.8, 4) is 6.07 Å². The minimum absolute atomic E-state index is 0.582. The van der Waals surface area contributed by atoms with Gasteiger partial charge in [0.2, 0.25) is 0 Å². The zero-order valence-corrected chi connectivity index (χ0v) is 10.3. The molecule has 86 valence electrons. The Morgan fingerprint density at radius 3 is 2.88 bits per heavy atom. The quantitative estimate of drug-likeness (QED) is 0.740. The lowest BCUT2D eigenvalue weighted by Crippen LogP contribution is -2.23. The molecule has 0 amide bonds. The molecule has 0 saturated carbocycles. The van der Waals surface area contributed by atoms with Crippen molar-refractivity contribution in [1.82, 2.24) is 0 Å². The molecule has 1 rings (SSSR count). The smallest absolute Gasteiger partial charge is 0.101 e. The molecule has 16 heavy (non-hydrogen) atoms. The van der Waals surface area contributed by atoms with E-state index in [1.165, 1.54) is 0 Å². The van der Waals surface area contributed by atoms with Crippen molar-refractivity contribution in [3.63, 3.8) is 0 Å². The van der Waals surface area contributed by atoms with Gasteiger partial charge in [-0.15, -0.1) is 0 Å². The molecule has 0 spiro atoms. The van der Waals surface area contributed by atoms with E-state index in [2.05, 4.69) is 6.07 Å². The van der Waals surface area contributed by atoms with Gasteiger partial charge in [0.25, 0.3) is 0 Å². The van der Waals surface area contributed by atoms with Crippen molar-refractivity contribution >= 4 is 17.3 Å². The Kier molecular flexibility index (Phi) is 5.10. The molecule has 0 aliphatic heterocycles. The predicted molar refractivity (Wildman–Crippen MR) is 65.9 cm³/mol. The van der Waals surface area contributed by atoms with Gasteiger partial charge in [0.1, 0.15) is 6.07 Å². The first-order valence-electron chi connectivity index (χ1n) is 5.17. The summed E-state index contributed by atoms with van der Waals surface area (Å²) in [6, 6.07) is 7.46. The number of halogens is 1. The second-order valence-electron chi connectivity index (χ2n) is 3.39. The van der Waals surface area contributed by atoms with E-state index in [0.29, 0.717) is 23.8 Å². The van der Waals surface area contributed by atoms with Crippen LogP contribution in [0.15, 0.2) is 18.2 Å². The van der Waals surface area contributed by atoms with Gasteiger partial charge in [-0.3, -0.25) is 0 Å². The monoisotopic (exact) mass is 238 g/mol. The Hall–Kier alpha value is -1.24. The van der Waals surface area contributed by atoms with Crippen LogP contribution in [-0.4, -0.2) is 26.8 Å². The van der Waals surface area contributed by atoms with Gasteiger partial charge in [-0.05, 0) is 25.1 Å². The van der Waals surface area contributed by atoms with Crippen LogP contribution in [0.25, 0.3) is 0 Å². The number of benzene rings is 1. The van der Waals surface area contributed by atoms with E-state index in [1.54, 1.807) is 12.1 Å². The number of rotatable bonds is 5. The van der Waals surface area contributed by atoms with Gasteiger partial charge >= 0.3 is 0 Å². The van der Waals surface area contributed by atoms with Gasteiger partial charge in [-0.25, -0.2) is 0 Å². The largest absolute Gasteiger partial charge is 0.380 e. The molecule has 0 atom stereocenters. The van der Waals surface area contributed by atoms with Crippen LogP contribution < -0.4 is 4.90 Å². The Morgan fingerprint density at radius 2 is 2.25 bits per heavy atom. The number of hydrogen-bond donors (Lipinski definition) is 0. The highest BCUT2D eigenvalue weighted by Gasteiger charge is 2.07. The number of likely N-dealkylation sites (N-methyl/N-ethyl adjacent to an activating group) is 1. The van der Waals surface area contributed by atoms with Gasteiger partial charge in [0.15, 0.2) is 0 Å². The summed E-state index contributed by atoms with van der Waals surface area (Å²) in [5.74, 6) is 0. The van der Waals surface area contributed by atoms with Crippen LogP contribution in [0.4, 0.5) is 5.69 Å². The van der Waals surface area contributed by atoms with Crippen LogP contribution in [0.3, 0.4) is 0 Å². The highest BCUT2D eigenvalue weighted by molar-refractivity contribution is 6.30. The van der Waals surface area contributed by atoms with Gasteiger partial charge in [-0.2, -0.15) is 5.26 Å². The Bertz CT molecular complexity index is 387. The average molecular weight is 239 g/mol. The molecule has 0 aliphatic carbocycles. The van der Waals surface area contributed by atoms with Crippen LogP contribution in [-0.2, 0) is 4.74 Å². The summed E-state index contributed by atoms with van der Waals surface area (Å²) in [4.78, 5) is 1.99. The third-order valence-corrected chi connectivity index (χ3v) is 2.50. The Labute approximate surface area is 101 Å². The normalized spacial score (nSPS) is 9.88. The fourth-order valence-corrected chi connectivity index (χ4v) is 1.57. The maximum absolute atomic E-state index is 9.00. The Balaban J connectivity index is 2.75. The maximum Gasteiger partial charge on any atom is 0.101 e. The van der Waals surface area contributed by atoms with Gasteiger partial charge in [0, 0.05) is 25.2 Å². The van der Waals surface area contributed by atoms with E-state index >= 15 is 0 Å². The molecule has 0 radical (unpaired) electrons. The molecule has 4 heteroatoms. The SMILES string of the molecule is CCOCCN(C)c1ccc(Cl)cc1C#N. The maximum atomic E-state index is 9.00. The number of nitrogens with zero attached hydrogens (tertiary/aromatic N) is 2. The molecule has 0 heterocycles. The zero-order valence-electron chi connectivity index (χ0n) is 9.53. The fraction of sp³-hybridized carbons (Fsp3) is 0.417. The molecule has 0 fully saturated rings. The highest BCUT2D eigenvalue weighted by Crippen LogP contribution is 2.22. The van der Waals surface area contributed by atoms with Crippen LogP contribution >= 0.6 is 11.6 Å². The fourth-order valence-electron chi connectivity index (χ4n) is 1.40. The van der Waals surface area contributed by atoms with E-state index < -0.39 is 0 Å². The molecule has 3 nitrogen and oxygen atoms in total. The summed E-state index contributed by atoms with van der Waals surface area (Å²) < 4.78 is 5.27. The second-order valence-corrected chi connectivity index (χ2v) is 3.83. The lowest BCUT2D eigenvalue weighted by Gasteiger charge is -2.20. The topological polar surface area (TPSA) is 36.3 Å². The van der Waals surface area contributed by atoms with Crippen LogP contribution in [0, 0.1) is 11.3 Å². The second kappa shape index (κ2) is 6.37. The summed E-state index contributed by atoms with van der Waals surface area (Å²) in [6.07, 6.45) is 0. The molecular weight excluding hydrogens is 224 g/mol. The summed E-state index contributed by atoms with van der Waals surface area (Å²) in [5.41, 5.74) is 1.47. The number of anilines is 1. The van der Waals surface area contributed by atoms with Crippen LogP contribution in [0.2, 0.25) is 5.02 Å². The van der Waals surface area contributed by atoms with Crippen molar-refractivity contribution in [2.75, 3.05) is 31.7 Å². The van der Waals surface area contributed by atoms with Crippen molar-refractivity contribution in [3.05, 3.63) is 28.8 Å². The van der Waals surface area contributed by atoms with Crippen molar-refractivity contribution in [1.29, 1.82) is 5.26 Å². The highest BCUT2D eigenvalue weighted by atomic mass is 35.5. The summed E-state index contributed by atoms with van der Waals surface area (Å²) in [5, 5.41) is 9.58. The molecule has 0 bridgehead atoms. The zero-order chi connectivity index (χ0) is 12.0. The number of hydrogen-bond acceptors (Lipinski definition) is 3. The minimum Gasteiger partial charge on any atom is -0.380 e. The van der Waals surface area contributed by atoms with Crippen molar-refractivity contribution < 1.29 is 4.74 Å². The molecular formula is C12H15ClN2O. The van der Waals surface area contributed by atoms with E-state index in [-0.39, 0.29) is 0 Å². The first kappa shape index (κ1) is 12.8. The predicted octanol–water partition coefficient (Wildman–Crippen LogP) is 2.68. The van der Waals surface area contributed by atoms with Gasteiger partial charge in [-0.1, -0.05) is 11.6 Å². The number of ether oxygens (including phenoxy) is 1. The minimum atomic E-state index is 0.582. The molecule has 0 aromatic heterocycles. The summed E-state index contributed by atoms with van der Waals surface area (Å²) >= 11 is 5.83. The van der Waals surface area contributed by atoms with Gasteiger partial charge in [0.05, 0.1) is 17.9 Å². The molecule has 0 N–H and O–H groups in total. The number of nitriles is 1. The molecule has 1 aromatic carbocycles. The van der Waals surface area contributed by atoms with E-state index in [4.69, 9.17) is 21.6 Å². The first-order valence-corrected chi connectivity index (χ1v) is 5.55. The first-order chi connectivity index (χ1) is 7.69. The third kappa shape index (κ3) is 3.41. The van der Waals surface area contributed by atoms with Crippen molar-refractivity contribution in [2.24, 2.45) is 0 Å². The molecule has 0 unspecified atom stereocenters. The lowest BCUT2D eigenvalue weighted by molar-refractivity contribution is 0.154. The molecule has 0 saturated heterocycles. The molecule has 1 aromatic rings. The third-order valence-electron chi connectivity index (χ3n) is 2.27. The van der Waals surface area contributed by atoms with Crippen LogP contribution in [0.5, 0.6) is 0 Å². The summed E-state index contributed by atoms with van der Waals surface area (Å²) in [7, 11) is 1.93. The lowest BCUT2D eigenvalue weighted by atomic mass is 10.2. The standard InChI is InChI=1S/C12H15ClN2O/c1-3-16-7-6-15(2)12-5-4-11(13)8-10(12)9-14/h4-5,8H,3,6-7H2,1-2H3. The van der Waals surface area contributed by atoms with E-state index in [0.717, 1.165) is 12.2 Å². The van der Waals surface area contributed by atoms with E-state index in [1.807, 2.05) is 24.9 Å². The van der Waals surface area contributed by atoms with Crippen LogP contribution in [0.1, 0.15) is 12.5 Å².